The third-order valence-electron chi connectivity index (χ3n) is 2.76. The van der Waals surface area contributed by atoms with Gasteiger partial charge in [-0.15, -0.1) is 0 Å². The summed E-state index contributed by atoms with van der Waals surface area (Å²) in [7, 11) is 0. The van der Waals surface area contributed by atoms with Crippen LogP contribution in [0.5, 0.6) is 11.5 Å². The zero-order chi connectivity index (χ0) is 13.2. The van der Waals surface area contributed by atoms with Gasteiger partial charge in [0.15, 0.2) is 11.5 Å². The highest BCUT2D eigenvalue weighted by atomic mass is 35.5. The molecule has 0 bridgehead atoms. The molecule has 0 radical (unpaired) electrons. The van der Waals surface area contributed by atoms with E-state index >= 15 is 0 Å². The van der Waals surface area contributed by atoms with Crippen molar-refractivity contribution in [3.05, 3.63) is 53.1 Å². The topological polar surface area (TPSA) is 47.6 Å². The number of carbonyl (C=O) groups is 1. The largest absolute Gasteiger partial charge is 0.454 e. The highest BCUT2D eigenvalue weighted by molar-refractivity contribution is 6.33. The Morgan fingerprint density at radius 2 is 1.95 bits per heavy atom. The Hall–Kier alpha value is -2.20. The molecule has 1 amide bonds. The molecule has 0 saturated carbocycles. The van der Waals surface area contributed by atoms with Crippen molar-refractivity contribution in [2.24, 2.45) is 0 Å². The Morgan fingerprint density at radius 3 is 2.79 bits per heavy atom. The van der Waals surface area contributed by atoms with Crippen LogP contribution < -0.4 is 14.8 Å². The predicted octanol–water partition coefficient (Wildman–Crippen LogP) is 3.32. The van der Waals surface area contributed by atoms with Crippen molar-refractivity contribution in [2.45, 2.75) is 0 Å². The number of halogens is 1. The summed E-state index contributed by atoms with van der Waals surface area (Å²) >= 11 is 6.00. The van der Waals surface area contributed by atoms with E-state index in [1.54, 1.807) is 42.5 Å². The number of para-hydroxylation sites is 2. The minimum atomic E-state index is -0.282. The first-order valence-electron chi connectivity index (χ1n) is 5.70. The maximum absolute atomic E-state index is 12.2. The number of amides is 1. The first-order valence-corrected chi connectivity index (χ1v) is 6.08. The fourth-order valence-electron chi connectivity index (χ4n) is 1.86. The van der Waals surface area contributed by atoms with E-state index in [2.05, 4.69) is 5.32 Å². The first-order chi connectivity index (χ1) is 9.25. The fraction of sp³-hybridized carbons (Fsp3) is 0.0714. The normalized spacial score (nSPS) is 12.3. The van der Waals surface area contributed by atoms with E-state index in [4.69, 9.17) is 21.1 Å². The lowest BCUT2D eigenvalue weighted by atomic mass is 10.1. The van der Waals surface area contributed by atoms with E-state index in [1.807, 2.05) is 0 Å². The molecule has 1 N–H and O–H groups in total. The Balaban J connectivity index is 1.90. The van der Waals surface area contributed by atoms with Crippen LogP contribution in [-0.2, 0) is 0 Å². The van der Waals surface area contributed by atoms with E-state index in [0.717, 1.165) is 0 Å². The van der Waals surface area contributed by atoms with Gasteiger partial charge in [-0.2, -0.15) is 0 Å². The lowest BCUT2D eigenvalue weighted by Gasteiger charge is -2.08. The van der Waals surface area contributed by atoms with Gasteiger partial charge in [0.05, 0.1) is 16.3 Å². The minimum Gasteiger partial charge on any atom is -0.454 e. The summed E-state index contributed by atoms with van der Waals surface area (Å²) in [6.07, 6.45) is 0. The number of anilines is 1. The van der Waals surface area contributed by atoms with Crippen LogP contribution in [0.4, 0.5) is 5.69 Å². The van der Waals surface area contributed by atoms with Crippen molar-refractivity contribution >= 4 is 23.2 Å². The number of rotatable bonds is 2. The van der Waals surface area contributed by atoms with Gasteiger partial charge >= 0.3 is 0 Å². The molecular formula is C14H10ClNO3. The van der Waals surface area contributed by atoms with E-state index in [9.17, 15) is 4.79 Å². The number of hydrogen-bond donors (Lipinski definition) is 1. The summed E-state index contributed by atoms with van der Waals surface area (Å²) in [5, 5.41) is 3.24. The second-order valence-corrected chi connectivity index (χ2v) is 4.38. The van der Waals surface area contributed by atoms with Crippen molar-refractivity contribution in [1.29, 1.82) is 0 Å². The smallest absolute Gasteiger partial charge is 0.259 e. The van der Waals surface area contributed by atoms with Gasteiger partial charge in [0.25, 0.3) is 5.91 Å². The first kappa shape index (κ1) is 11.9. The summed E-state index contributed by atoms with van der Waals surface area (Å²) in [4.78, 5) is 12.2. The highest BCUT2D eigenvalue weighted by Crippen LogP contribution is 2.35. The fourth-order valence-corrected chi connectivity index (χ4v) is 2.04. The monoisotopic (exact) mass is 275 g/mol. The molecule has 2 aromatic carbocycles. The third kappa shape index (κ3) is 2.22. The standard InChI is InChI=1S/C14H10ClNO3/c15-10-5-1-2-6-11(10)16-14(17)9-4-3-7-12-13(9)19-8-18-12/h1-7H,8H2,(H,16,17). The molecule has 0 fully saturated rings. The van der Waals surface area contributed by atoms with Gasteiger partial charge in [0.1, 0.15) is 0 Å². The minimum absolute atomic E-state index is 0.131. The number of ether oxygens (including phenoxy) is 2. The van der Waals surface area contributed by atoms with Crippen LogP contribution in [0.25, 0.3) is 0 Å². The number of benzene rings is 2. The average molecular weight is 276 g/mol. The molecule has 19 heavy (non-hydrogen) atoms. The van der Waals surface area contributed by atoms with Crippen molar-refractivity contribution < 1.29 is 14.3 Å². The Morgan fingerprint density at radius 1 is 1.11 bits per heavy atom. The number of hydrogen-bond acceptors (Lipinski definition) is 3. The maximum Gasteiger partial charge on any atom is 0.259 e. The second kappa shape index (κ2) is 4.82. The maximum atomic E-state index is 12.2. The molecule has 0 unspecified atom stereocenters. The molecule has 0 aromatic heterocycles. The van der Waals surface area contributed by atoms with Gasteiger partial charge < -0.3 is 14.8 Å². The summed E-state index contributed by atoms with van der Waals surface area (Å²) in [5.41, 5.74) is 0.987. The van der Waals surface area contributed by atoms with Crippen LogP contribution >= 0.6 is 11.6 Å². The van der Waals surface area contributed by atoms with Crippen LogP contribution in [0, 0.1) is 0 Å². The zero-order valence-electron chi connectivity index (χ0n) is 9.85. The summed E-state index contributed by atoms with van der Waals surface area (Å²) in [6, 6.07) is 12.2. The molecule has 3 rings (SSSR count). The van der Waals surface area contributed by atoms with Gasteiger partial charge in [0.2, 0.25) is 6.79 Å². The van der Waals surface area contributed by atoms with Crippen LogP contribution in [0.2, 0.25) is 5.02 Å². The summed E-state index contributed by atoms with van der Waals surface area (Å²) in [6.45, 7) is 0.131. The van der Waals surface area contributed by atoms with E-state index in [0.29, 0.717) is 27.8 Å². The average Bonchev–Trinajstić information content (AvgIpc) is 2.89. The molecule has 0 saturated heterocycles. The van der Waals surface area contributed by atoms with Crippen molar-refractivity contribution in [2.75, 3.05) is 12.1 Å². The van der Waals surface area contributed by atoms with Crippen LogP contribution in [0.1, 0.15) is 10.4 Å². The van der Waals surface area contributed by atoms with Crippen molar-refractivity contribution in [1.82, 2.24) is 0 Å². The molecule has 5 heteroatoms. The van der Waals surface area contributed by atoms with E-state index < -0.39 is 0 Å². The Bertz CT molecular complexity index is 642. The number of carbonyl (C=O) groups excluding carboxylic acids is 1. The molecular weight excluding hydrogens is 266 g/mol. The van der Waals surface area contributed by atoms with Crippen molar-refractivity contribution in [3.63, 3.8) is 0 Å². The molecule has 96 valence electrons. The summed E-state index contributed by atoms with van der Waals surface area (Å²) < 4.78 is 10.5. The van der Waals surface area contributed by atoms with E-state index in [1.165, 1.54) is 0 Å². The van der Waals surface area contributed by atoms with Gasteiger partial charge in [-0.25, -0.2) is 0 Å². The predicted molar refractivity (Wildman–Crippen MR) is 72.0 cm³/mol. The Kier molecular flexibility index (Phi) is 3.01. The number of nitrogens with one attached hydrogen (secondary N) is 1. The highest BCUT2D eigenvalue weighted by Gasteiger charge is 2.22. The molecule has 0 spiro atoms. The zero-order valence-corrected chi connectivity index (χ0v) is 10.6. The third-order valence-corrected chi connectivity index (χ3v) is 3.09. The Labute approximate surface area is 114 Å². The van der Waals surface area contributed by atoms with Crippen LogP contribution in [-0.4, -0.2) is 12.7 Å². The quantitative estimate of drug-likeness (QED) is 0.914. The molecule has 1 aliphatic rings. The molecule has 0 aliphatic carbocycles. The van der Waals surface area contributed by atoms with Gasteiger partial charge in [-0.1, -0.05) is 29.8 Å². The van der Waals surface area contributed by atoms with Gasteiger partial charge in [0, 0.05) is 0 Å². The molecule has 1 heterocycles. The number of fused-ring (bicyclic) bond motifs is 1. The van der Waals surface area contributed by atoms with Crippen molar-refractivity contribution in [3.8, 4) is 11.5 Å². The molecule has 1 aliphatic heterocycles. The van der Waals surface area contributed by atoms with Crippen LogP contribution in [0.3, 0.4) is 0 Å². The SMILES string of the molecule is O=C(Nc1ccccc1Cl)c1cccc2c1OCO2. The van der Waals surface area contributed by atoms with Crippen LogP contribution in [0.15, 0.2) is 42.5 Å². The van der Waals surface area contributed by atoms with Gasteiger partial charge in [-0.05, 0) is 24.3 Å². The van der Waals surface area contributed by atoms with E-state index in [-0.39, 0.29) is 12.7 Å². The molecule has 0 atom stereocenters. The molecule has 4 nitrogen and oxygen atoms in total. The van der Waals surface area contributed by atoms with Gasteiger partial charge in [-0.3, -0.25) is 4.79 Å². The molecule has 2 aromatic rings. The second-order valence-electron chi connectivity index (χ2n) is 3.97. The lowest BCUT2D eigenvalue weighted by molar-refractivity contribution is 0.102. The summed E-state index contributed by atoms with van der Waals surface area (Å²) in [5.74, 6) is 0.759. The lowest BCUT2D eigenvalue weighted by Crippen LogP contribution is -2.13.